The fraction of sp³-hybridized carbons (Fsp3) is 0.167. The minimum atomic E-state index is -0.321. The van der Waals surface area contributed by atoms with Gasteiger partial charge < -0.3 is 5.73 Å². The second-order valence-corrected chi connectivity index (χ2v) is 3.60. The van der Waals surface area contributed by atoms with Crippen LogP contribution < -0.4 is 5.73 Å². The van der Waals surface area contributed by atoms with Crippen molar-refractivity contribution in [1.82, 2.24) is 9.78 Å². The normalized spacial score (nSPS) is 9.61. The highest BCUT2D eigenvalue weighted by Gasteiger charge is 2.08. The van der Waals surface area contributed by atoms with Crippen LogP contribution in [0.3, 0.4) is 0 Å². The summed E-state index contributed by atoms with van der Waals surface area (Å²) in [6, 6.07) is 6.71. The molecule has 2 aromatic rings. The molecular weight excluding hydrogens is 255 g/mol. The molecule has 94 valence electrons. The highest BCUT2D eigenvalue weighted by atomic mass is 35.5. The van der Waals surface area contributed by atoms with Crippen LogP contribution >= 0.6 is 12.4 Å². The number of benzene rings is 1. The second kappa shape index (κ2) is 6.15. The first-order valence-corrected chi connectivity index (χ1v) is 5.13. The number of nitriles is 1. The first-order chi connectivity index (χ1) is 8.24. The summed E-state index contributed by atoms with van der Waals surface area (Å²) >= 11 is 0. The van der Waals surface area contributed by atoms with Crippen molar-refractivity contribution in [3.05, 3.63) is 42.0 Å². The fourth-order valence-corrected chi connectivity index (χ4v) is 1.58. The van der Waals surface area contributed by atoms with Gasteiger partial charge in [-0.2, -0.15) is 10.4 Å². The summed E-state index contributed by atoms with van der Waals surface area (Å²) in [5.74, 6) is -0.321. The summed E-state index contributed by atoms with van der Waals surface area (Å²) in [7, 11) is 0. The molecule has 6 heteroatoms. The van der Waals surface area contributed by atoms with Crippen molar-refractivity contribution < 1.29 is 4.39 Å². The van der Waals surface area contributed by atoms with Gasteiger partial charge in [0.2, 0.25) is 0 Å². The molecule has 1 heterocycles. The number of nitrogens with two attached hydrogens (primary N) is 1. The standard InChI is InChI=1S/C12H11FN4.ClH/c13-12-2-1-9(6-15)5-11(12)10-7-16-17(8-10)4-3-14;/h1-2,5,7-8H,4,6,15H2;1H. The molecule has 0 aliphatic rings. The third kappa shape index (κ3) is 2.86. The molecule has 1 aromatic heterocycles. The Balaban J connectivity index is 0.00000162. The minimum Gasteiger partial charge on any atom is -0.326 e. The molecule has 4 nitrogen and oxygen atoms in total. The van der Waals surface area contributed by atoms with Crippen LogP contribution in [0.25, 0.3) is 11.1 Å². The van der Waals surface area contributed by atoms with E-state index in [1.807, 2.05) is 6.07 Å². The maximum Gasteiger partial charge on any atom is 0.131 e. The van der Waals surface area contributed by atoms with E-state index >= 15 is 0 Å². The van der Waals surface area contributed by atoms with Gasteiger partial charge in [-0.1, -0.05) is 6.07 Å². The molecule has 2 rings (SSSR count). The Hall–Kier alpha value is -1.90. The number of nitrogens with zero attached hydrogens (tertiary/aromatic N) is 3. The van der Waals surface area contributed by atoms with Gasteiger partial charge >= 0.3 is 0 Å². The summed E-state index contributed by atoms with van der Waals surface area (Å²) in [4.78, 5) is 0. The average molecular weight is 267 g/mol. The predicted molar refractivity (Wildman–Crippen MR) is 68.4 cm³/mol. The van der Waals surface area contributed by atoms with E-state index in [1.54, 1.807) is 18.3 Å². The zero-order valence-electron chi connectivity index (χ0n) is 9.51. The molecular formula is C12H12ClFN4. The van der Waals surface area contributed by atoms with Crippen LogP contribution in [0.4, 0.5) is 4.39 Å². The zero-order valence-corrected chi connectivity index (χ0v) is 10.3. The Morgan fingerprint density at radius 2 is 2.22 bits per heavy atom. The van der Waals surface area contributed by atoms with Crippen molar-refractivity contribution in [3.8, 4) is 17.2 Å². The van der Waals surface area contributed by atoms with Crippen LogP contribution in [0.15, 0.2) is 30.6 Å². The van der Waals surface area contributed by atoms with Gasteiger partial charge in [-0.15, -0.1) is 12.4 Å². The van der Waals surface area contributed by atoms with Crippen molar-refractivity contribution in [2.75, 3.05) is 0 Å². The molecule has 0 saturated carbocycles. The Morgan fingerprint density at radius 1 is 1.44 bits per heavy atom. The number of halogens is 2. The molecule has 2 N–H and O–H groups in total. The Bertz CT molecular complexity index is 574. The van der Waals surface area contributed by atoms with Gasteiger partial charge in [0.1, 0.15) is 12.4 Å². The molecule has 0 atom stereocenters. The van der Waals surface area contributed by atoms with E-state index in [9.17, 15) is 4.39 Å². The highest BCUT2D eigenvalue weighted by Crippen LogP contribution is 2.23. The molecule has 1 aromatic carbocycles. The first-order valence-electron chi connectivity index (χ1n) is 5.13. The molecule has 0 unspecified atom stereocenters. The van der Waals surface area contributed by atoms with Crippen LogP contribution in [0.5, 0.6) is 0 Å². The summed E-state index contributed by atoms with van der Waals surface area (Å²) in [5, 5.41) is 12.5. The molecule has 0 radical (unpaired) electrons. The van der Waals surface area contributed by atoms with Gasteiger partial charge in [0.25, 0.3) is 0 Å². The van der Waals surface area contributed by atoms with Crippen molar-refractivity contribution in [2.24, 2.45) is 5.73 Å². The first kappa shape index (κ1) is 14.2. The van der Waals surface area contributed by atoms with E-state index in [-0.39, 0.29) is 24.8 Å². The van der Waals surface area contributed by atoms with E-state index in [1.165, 1.54) is 16.9 Å². The summed E-state index contributed by atoms with van der Waals surface area (Å²) in [6.07, 6.45) is 3.18. The largest absolute Gasteiger partial charge is 0.326 e. The third-order valence-corrected chi connectivity index (χ3v) is 2.44. The molecule has 0 aliphatic carbocycles. The zero-order chi connectivity index (χ0) is 12.3. The molecule has 0 aliphatic heterocycles. The average Bonchev–Trinajstić information content (AvgIpc) is 2.79. The number of hydrogen-bond donors (Lipinski definition) is 1. The third-order valence-electron chi connectivity index (χ3n) is 2.44. The maximum absolute atomic E-state index is 13.6. The summed E-state index contributed by atoms with van der Waals surface area (Å²) in [6.45, 7) is 0.512. The summed E-state index contributed by atoms with van der Waals surface area (Å²) in [5.41, 5.74) is 7.47. The van der Waals surface area contributed by atoms with Crippen LogP contribution in [0, 0.1) is 17.1 Å². The molecule has 0 bridgehead atoms. The monoisotopic (exact) mass is 266 g/mol. The van der Waals surface area contributed by atoms with Gasteiger partial charge in [0, 0.05) is 23.9 Å². The predicted octanol–water partition coefficient (Wildman–Crippen LogP) is 2.09. The van der Waals surface area contributed by atoms with E-state index in [0.717, 1.165) is 5.56 Å². The van der Waals surface area contributed by atoms with Crippen molar-refractivity contribution in [1.29, 1.82) is 5.26 Å². The lowest BCUT2D eigenvalue weighted by atomic mass is 10.1. The molecule has 0 spiro atoms. The highest BCUT2D eigenvalue weighted by molar-refractivity contribution is 5.85. The molecule has 0 amide bonds. The topological polar surface area (TPSA) is 67.6 Å². The van der Waals surface area contributed by atoms with E-state index < -0.39 is 0 Å². The minimum absolute atomic E-state index is 0. The molecule has 0 saturated heterocycles. The van der Waals surface area contributed by atoms with Crippen molar-refractivity contribution in [2.45, 2.75) is 13.1 Å². The van der Waals surface area contributed by atoms with E-state index in [4.69, 9.17) is 11.0 Å². The Kier molecular flexibility index (Phi) is 4.84. The number of aromatic nitrogens is 2. The van der Waals surface area contributed by atoms with Gasteiger partial charge in [0.15, 0.2) is 0 Å². The van der Waals surface area contributed by atoms with E-state index in [2.05, 4.69) is 5.10 Å². The Labute approximate surface area is 110 Å². The van der Waals surface area contributed by atoms with Crippen molar-refractivity contribution in [3.63, 3.8) is 0 Å². The van der Waals surface area contributed by atoms with Gasteiger partial charge in [0.05, 0.1) is 12.3 Å². The van der Waals surface area contributed by atoms with Crippen molar-refractivity contribution >= 4 is 12.4 Å². The second-order valence-electron chi connectivity index (χ2n) is 3.60. The maximum atomic E-state index is 13.6. The lowest BCUT2D eigenvalue weighted by Crippen LogP contribution is -1.97. The van der Waals surface area contributed by atoms with Crippen LogP contribution in [0.1, 0.15) is 5.56 Å². The van der Waals surface area contributed by atoms with Crippen LogP contribution in [-0.4, -0.2) is 9.78 Å². The Morgan fingerprint density at radius 3 is 2.89 bits per heavy atom. The lowest BCUT2D eigenvalue weighted by Gasteiger charge is -2.02. The molecule has 18 heavy (non-hydrogen) atoms. The fourth-order valence-electron chi connectivity index (χ4n) is 1.58. The van der Waals surface area contributed by atoms with Gasteiger partial charge in [-0.05, 0) is 17.7 Å². The van der Waals surface area contributed by atoms with Gasteiger partial charge in [-0.25, -0.2) is 4.39 Å². The number of rotatable bonds is 3. The van der Waals surface area contributed by atoms with E-state index in [0.29, 0.717) is 17.7 Å². The SMILES string of the molecule is Cl.N#CCn1cc(-c2cc(CN)ccc2F)cn1. The molecule has 0 fully saturated rings. The van der Waals surface area contributed by atoms with Gasteiger partial charge in [-0.3, -0.25) is 4.68 Å². The van der Waals surface area contributed by atoms with Crippen LogP contribution in [-0.2, 0) is 13.1 Å². The summed E-state index contributed by atoms with van der Waals surface area (Å²) < 4.78 is 15.1. The quantitative estimate of drug-likeness (QED) is 0.925. The lowest BCUT2D eigenvalue weighted by molar-refractivity contribution is 0.630. The number of hydrogen-bond acceptors (Lipinski definition) is 3. The smallest absolute Gasteiger partial charge is 0.131 e. The van der Waals surface area contributed by atoms with Crippen LogP contribution in [0.2, 0.25) is 0 Å².